The molecule has 0 aliphatic carbocycles. The molecule has 0 heterocycles. The Labute approximate surface area is 148 Å². The molecule has 2 rings (SSSR count). The summed E-state index contributed by atoms with van der Waals surface area (Å²) in [6.07, 6.45) is 2.19. The van der Waals surface area contributed by atoms with Gasteiger partial charge in [0.2, 0.25) is 0 Å². The smallest absolute Gasteiger partial charge is 0.167 e. The van der Waals surface area contributed by atoms with Crippen molar-refractivity contribution >= 4 is 5.78 Å². The number of aromatic hydroxyl groups is 1. The average Bonchev–Trinajstić information content (AvgIpc) is 2.62. The number of carbonyl (C=O) groups is 1. The number of methoxy groups -OCH3 is 3. The lowest BCUT2D eigenvalue weighted by molar-refractivity contribution is 0.101. The van der Waals surface area contributed by atoms with Crippen LogP contribution in [0.4, 0.5) is 0 Å². The zero-order valence-electron chi connectivity index (χ0n) is 15.1. The first-order valence-electron chi connectivity index (χ1n) is 8.12. The zero-order valence-corrected chi connectivity index (χ0v) is 15.1. The second kappa shape index (κ2) is 8.42. The molecule has 25 heavy (non-hydrogen) atoms. The van der Waals surface area contributed by atoms with E-state index in [1.165, 1.54) is 21.1 Å². The molecule has 5 nitrogen and oxygen atoms in total. The van der Waals surface area contributed by atoms with E-state index in [-0.39, 0.29) is 17.1 Å². The lowest BCUT2D eigenvalue weighted by Gasteiger charge is -2.16. The number of phenols is 1. The first-order chi connectivity index (χ1) is 12.0. The molecule has 0 unspecified atom stereocenters. The molecule has 2 aromatic carbocycles. The van der Waals surface area contributed by atoms with E-state index in [1.54, 1.807) is 13.2 Å². The molecule has 0 bridgehead atoms. The Morgan fingerprint density at radius 2 is 1.72 bits per heavy atom. The van der Waals surface area contributed by atoms with Crippen LogP contribution >= 0.6 is 0 Å². The third-order valence-corrected chi connectivity index (χ3v) is 4.15. The molecular weight excluding hydrogens is 320 g/mol. The summed E-state index contributed by atoms with van der Waals surface area (Å²) in [6.45, 7) is 1.41. The van der Waals surface area contributed by atoms with Crippen molar-refractivity contribution in [3.63, 3.8) is 0 Å². The summed E-state index contributed by atoms with van der Waals surface area (Å²) in [7, 11) is 4.64. The van der Waals surface area contributed by atoms with Gasteiger partial charge in [-0.05, 0) is 43.9 Å². The normalized spacial score (nSPS) is 10.4. The van der Waals surface area contributed by atoms with Crippen LogP contribution in [0.5, 0.6) is 23.0 Å². The van der Waals surface area contributed by atoms with E-state index < -0.39 is 0 Å². The van der Waals surface area contributed by atoms with Gasteiger partial charge in [-0.25, -0.2) is 0 Å². The van der Waals surface area contributed by atoms with E-state index in [2.05, 4.69) is 0 Å². The molecule has 1 N–H and O–H groups in total. The minimum Gasteiger partial charge on any atom is -0.507 e. The van der Waals surface area contributed by atoms with Crippen molar-refractivity contribution in [2.75, 3.05) is 21.3 Å². The number of phenolic OH excluding ortho intramolecular Hbond substituents is 1. The maximum absolute atomic E-state index is 11.9. The number of ether oxygens (including phenoxy) is 3. The molecule has 0 aromatic heterocycles. The van der Waals surface area contributed by atoms with Gasteiger partial charge < -0.3 is 19.3 Å². The van der Waals surface area contributed by atoms with E-state index in [9.17, 15) is 9.90 Å². The van der Waals surface area contributed by atoms with E-state index in [0.29, 0.717) is 23.5 Å². The molecule has 0 radical (unpaired) electrons. The molecule has 0 amide bonds. The summed E-state index contributed by atoms with van der Waals surface area (Å²) in [4.78, 5) is 11.9. The van der Waals surface area contributed by atoms with Crippen molar-refractivity contribution in [2.24, 2.45) is 0 Å². The first kappa shape index (κ1) is 18.6. The van der Waals surface area contributed by atoms with Crippen LogP contribution in [0.25, 0.3) is 0 Å². The van der Waals surface area contributed by atoms with Crippen LogP contribution < -0.4 is 14.2 Å². The third kappa shape index (κ3) is 4.24. The maximum Gasteiger partial charge on any atom is 0.167 e. The van der Waals surface area contributed by atoms with Gasteiger partial charge in [0.25, 0.3) is 0 Å². The van der Waals surface area contributed by atoms with Crippen molar-refractivity contribution in [3.05, 3.63) is 47.0 Å². The number of carbonyl (C=O) groups excluding carboxylic acids is 1. The number of hydrogen-bond donors (Lipinski definition) is 1. The summed E-state index contributed by atoms with van der Waals surface area (Å²) in [5.74, 6) is 1.35. The Hall–Kier alpha value is -2.69. The second-order valence-electron chi connectivity index (χ2n) is 5.74. The Kier molecular flexibility index (Phi) is 6.28. The monoisotopic (exact) mass is 344 g/mol. The predicted octanol–water partition coefficient (Wildman–Crippen LogP) is 3.80. The summed E-state index contributed by atoms with van der Waals surface area (Å²) in [5, 5.41) is 10.6. The van der Waals surface area contributed by atoms with Crippen LogP contribution in [0, 0.1) is 0 Å². The molecule has 0 atom stereocenters. The minimum absolute atomic E-state index is 0.0608. The first-order valence-corrected chi connectivity index (χ1v) is 8.12. The van der Waals surface area contributed by atoms with Crippen LogP contribution in [0.15, 0.2) is 30.3 Å². The van der Waals surface area contributed by atoms with Gasteiger partial charge in [0, 0.05) is 11.6 Å². The average molecular weight is 344 g/mol. The quantitative estimate of drug-likeness (QED) is 0.738. The third-order valence-electron chi connectivity index (χ3n) is 4.15. The Morgan fingerprint density at radius 3 is 2.32 bits per heavy atom. The Morgan fingerprint density at radius 1 is 1.00 bits per heavy atom. The maximum atomic E-state index is 11.9. The SMILES string of the molecule is COc1cccc(CCCc2c(OC)cc(OC)c(C(C)=O)c2O)c1. The highest BCUT2D eigenvalue weighted by Gasteiger charge is 2.21. The number of benzene rings is 2. The highest BCUT2D eigenvalue weighted by atomic mass is 16.5. The van der Waals surface area contributed by atoms with Crippen molar-refractivity contribution in [2.45, 2.75) is 26.2 Å². The Bertz CT molecular complexity index is 752. The van der Waals surface area contributed by atoms with Gasteiger partial charge in [-0.2, -0.15) is 0 Å². The number of ketones is 1. The molecule has 0 saturated carbocycles. The molecular formula is C20H24O5. The highest BCUT2D eigenvalue weighted by Crippen LogP contribution is 2.39. The molecule has 0 spiro atoms. The molecule has 0 fully saturated rings. The fraction of sp³-hybridized carbons (Fsp3) is 0.350. The van der Waals surface area contributed by atoms with E-state index in [4.69, 9.17) is 14.2 Å². The molecule has 0 saturated heterocycles. The van der Waals surface area contributed by atoms with Crippen LogP contribution in [0.2, 0.25) is 0 Å². The molecule has 2 aromatic rings. The van der Waals surface area contributed by atoms with Gasteiger partial charge in [0.15, 0.2) is 5.78 Å². The second-order valence-corrected chi connectivity index (χ2v) is 5.74. The van der Waals surface area contributed by atoms with Gasteiger partial charge in [-0.3, -0.25) is 4.79 Å². The molecule has 0 aliphatic rings. The van der Waals surface area contributed by atoms with Crippen LogP contribution in [-0.4, -0.2) is 32.2 Å². The van der Waals surface area contributed by atoms with Gasteiger partial charge in [0.05, 0.1) is 21.3 Å². The number of aryl methyl sites for hydroxylation is 1. The largest absolute Gasteiger partial charge is 0.507 e. The fourth-order valence-corrected chi connectivity index (χ4v) is 2.88. The summed E-state index contributed by atoms with van der Waals surface area (Å²) in [6, 6.07) is 9.53. The number of Topliss-reactive ketones (excluding diaryl/α,β-unsaturated/α-hetero) is 1. The standard InChI is InChI=1S/C20H24O5/c1-13(21)19-18(25-4)12-17(24-3)16(20(19)22)10-6-8-14-7-5-9-15(11-14)23-2/h5,7,9,11-12,22H,6,8,10H2,1-4H3. The lowest BCUT2D eigenvalue weighted by atomic mass is 9.98. The predicted molar refractivity (Wildman–Crippen MR) is 96.2 cm³/mol. The minimum atomic E-state index is -0.244. The fourth-order valence-electron chi connectivity index (χ4n) is 2.88. The van der Waals surface area contributed by atoms with Gasteiger partial charge >= 0.3 is 0 Å². The topological polar surface area (TPSA) is 65.0 Å². The van der Waals surface area contributed by atoms with Gasteiger partial charge in [-0.15, -0.1) is 0 Å². The van der Waals surface area contributed by atoms with E-state index >= 15 is 0 Å². The van der Waals surface area contributed by atoms with Crippen LogP contribution in [0.3, 0.4) is 0 Å². The summed E-state index contributed by atoms with van der Waals surface area (Å²) >= 11 is 0. The molecule has 5 heteroatoms. The number of rotatable bonds is 8. The summed E-state index contributed by atoms with van der Waals surface area (Å²) in [5.41, 5.74) is 1.97. The number of hydrogen-bond acceptors (Lipinski definition) is 5. The zero-order chi connectivity index (χ0) is 18.4. The Balaban J connectivity index is 2.23. The van der Waals surface area contributed by atoms with Gasteiger partial charge in [-0.1, -0.05) is 12.1 Å². The van der Waals surface area contributed by atoms with Gasteiger partial charge in [0.1, 0.15) is 28.6 Å². The lowest BCUT2D eigenvalue weighted by Crippen LogP contribution is -2.04. The van der Waals surface area contributed by atoms with Crippen molar-refractivity contribution < 1.29 is 24.1 Å². The van der Waals surface area contributed by atoms with Crippen LogP contribution in [0.1, 0.15) is 34.8 Å². The molecule has 134 valence electrons. The highest BCUT2D eigenvalue weighted by molar-refractivity contribution is 6.00. The van der Waals surface area contributed by atoms with Crippen molar-refractivity contribution in [1.82, 2.24) is 0 Å². The van der Waals surface area contributed by atoms with Crippen LogP contribution in [-0.2, 0) is 12.8 Å². The summed E-state index contributed by atoms with van der Waals surface area (Å²) < 4.78 is 15.8. The van der Waals surface area contributed by atoms with Crippen molar-refractivity contribution in [3.8, 4) is 23.0 Å². The van der Waals surface area contributed by atoms with E-state index in [1.807, 2.05) is 24.3 Å². The molecule has 0 aliphatic heterocycles. The van der Waals surface area contributed by atoms with Crippen molar-refractivity contribution in [1.29, 1.82) is 0 Å². The van der Waals surface area contributed by atoms with E-state index in [0.717, 1.165) is 24.2 Å².